The summed E-state index contributed by atoms with van der Waals surface area (Å²) in [7, 11) is 0. The lowest BCUT2D eigenvalue weighted by Gasteiger charge is -2.18. The Labute approximate surface area is 725 Å². The highest BCUT2D eigenvalue weighted by Gasteiger charge is 2.25. The van der Waals surface area contributed by atoms with Gasteiger partial charge in [0.2, 0.25) is 0 Å². The minimum absolute atomic E-state index is 0.0348. The number of para-hydroxylation sites is 2. The predicted molar refractivity (Wildman–Crippen MR) is 486 cm³/mol. The van der Waals surface area contributed by atoms with E-state index in [1.165, 1.54) is 6.07 Å². The molecule has 0 saturated carbocycles. The second-order valence-corrected chi connectivity index (χ2v) is 27.1. The highest BCUT2D eigenvalue weighted by atomic mass is 16.3. The first-order valence-electron chi connectivity index (χ1n) is 60.4. The van der Waals surface area contributed by atoms with Crippen LogP contribution in [0.15, 0.2) is 396 Å². The molecule has 0 aliphatic rings. The van der Waals surface area contributed by atoms with Crippen LogP contribution in [0.3, 0.4) is 0 Å². The van der Waals surface area contributed by atoms with Gasteiger partial charge in [0.25, 0.3) is 0 Å². The van der Waals surface area contributed by atoms with E-state index >= 15 is 0 Å². The maximum Gasteiger partial charge on any atom is 0.143 e. The zero-order chi connectivity index (χ0) is 118. The van der Waals surface area contributed by atoms with Crippen molar-refractivity contribution in [2.75, 3.05) is 0 Å². The molecule has 0 amide bonds. The van der Waals surface area contributed by atoms with Crippen LogP contribution in [0.5, 0.6) is 0 Å². The molecule has 2 aromatic heterocycles. The van der Waals surface area contributed by atoms with Crippen LogP contribution >= 0.6 is 0 Å². The molecule has 2 heteroatoms. The van der Waals surface area contributed by atoms with Gasteiger partial charge in [0.15, 0.2) is 0 Å². The summed E-state index contributed by atoms with van der Waals surface area (Å²) in [6.45, 7) is 0. The first-order valence-corrected chi connectivity index (χ1v) is 35.4. The quantitative estimate of drug-likeness (QED) is 0.142. The summed E-state index contributed by atoms with van der Waals surface area (Å²) in [5.74, 6) is 0. The number of fused-ring (bicyclic) bond motifs is 6. The maximum absolute atomic E-state index is 10.5. The van der Waals surface area contributed by atoms with Gasteiger partial charge in [-0.1, -0.05) is 327 Å². The van der Waals surface area contributed by atoms with Crippen LogP contribution in [-0.4, -0.2) is 0 Å². The Balaban J connectivity index is 0.000000168. The SMILES string of the molecule is [2H]c1c([2H])c([2H])c(-c2c([2H])c([2H])c(-c3c([2H])c(-c4c([2H])c([2H])c5c([2H])c([2H])c6c([2H])c([2H])c([2H])c7c([2H])c([2H])c4c5c67)c([2H])c(-c4c([2H])c([2H])c5c([2H])c([2H])c6c([2H])c([2H])c([2H])c7c([2H])c([2H])c4c5c67)c3[2H])c3c2oc2c([2H])c([2H])c([2H])c([2H])c23)c([2H])c1[2H].[2H]c1c([2H])c2c([2H])c([2H])c3c([2H])c([2H])c(-c4cc(-c5c([2H])c([2H])c6c([2H])c([2H])c7c([2H])c([2H])c([2H])c8c([2H])c([2H])c5c6c78)cc(-c5ccc(-c6ccccc6)c6oc7ccccc7c56)c4)c4c([2H])c([2H])c(c1[2H])c2c34. The van der Waals surface area contributed by atoms with Gasteiger partial charge in [-0.2, -0.15) is 0 Å². The van der Waals surface area contributed by atoms with Crippen LogP contribution in [0.4, 0.5) is 0 Å². The van der Waals surface area contributed by atoms with Gasteiger partial charge in [-0.05, 0) is 268 Å². The summed E-state index contributed by atoms with van der Waals surface area (Å²) < 4.78 is 476. The molecule has 0 unspecified atom stereocenters. The van der Waals surface area contributed by atoms with Crippen molar-refractivity contribution in [3.63, 3.8) is 0 Å². The molecule has 524 valence electrons. The third-order valence-electron chi connectivity index (χ3n) is 21.1. The third-order valence-corrected chi connectivity index (χ3v) is 21.1. The Morgan fingerprint density at radius 2 is 0.500 bits per heavy atom. The van der Waals surface area contributed by atoms with Crippen molar-refractivity contribution >= 4 is 173 Å². The van der Waals surface area contributed by atoms with Crippen molar-refractivity contribution in [1.82, 2.24) is 0 Å². The van der Waals surface area contributed by atoms with Crippen molar-refractivity contribution in [2.24, 2.45) is 0 Å². The predicted octanol–water partition coefficient (Wildman–Crippen LogP) is 32.1. The fourth-order valence-electron chi connectivity index (χ4n) is 16.1. The van der Waals surface area contributed by atoms with E-state index in [-0.39, 0.29) is 86.9 Å². The van der Waals surface area contributed by atoms with Crippen LogP contribution in [0.2, 0.25) is 0 Å². The zero-order valence-electron chi connectivity index (χ0n) is 108. The molecule has 2 nitrogen and oxygen atoms in total. The second-order valence-electron chi connectivity index (χ2n) is 27.1. The maximum atomic E-state index is 10.5. The van der Waals surface area contributed by atoms with E-state index in [0.717, 1.165) is 11.1 Å². The summed E-state index contributed by atoms with van der Waals surface area (Å²) in [6.07, 6.45) is 0. The number of rotatable bonds is 8. The van der Waals surface area contributed by atoms with E-state index < -0.39 is 433 Å². The molecule has 0 aliphatic heterocycles. The number of hydrogen-bond acceptors (Lipinski definition) is 2. The Kier molecular flexibility index (Phi) is 6.77. The molecule has 24 aromatic carbocycles. The van der Waals surface area contributed by atoms with Gasteiger partial charge in [0, 0.05) is 32.7 Å². The van der Waals surface area contributed by atoms with Gasteiger partial charge in [-0.25, -0.2) is 0 Å². The standard InChI is InChI=1S/2C56H32O/c2*1-2-8-33(9-3-1)46-29-28-45(55-49-14-4-5-15-50(49)57-56(46)55)42-31-40(43-24-20-38-18-16-34-10-6-12-36-22-26-47(43)53(38)51(34)36)30-41(32-42)44-25-21-39-19-17-35-11-7-13-37-23-27-48(44)54(39)52(35)37/h2*1-32H/i1D,2D,3D,4D,5D,6D,7D,8D,9D,10D,11D,12D,13D,14D,15D,16D,17D,18D,19D,20D,21D,22D,23D,24D,25D,26D,27D,28D,29D,30D,31D,32D;6D,7D,10D,11D,12D,13D,16D,17D,18D,19D,20D,21D,22D,23D,24D,25D,26D,27D. The molecule has 26 aromatic rings. The number of benzene rings is 24. The fraction of sp³-hybridized carbons (Fsp3) is 0. The summed E-state index contributed by atoms with van der Waals surface area (Å²) in [5, 5.41) is -8.17. The third kappa shape index (κ3) is 9.37. The Morgan fingerprint density at radius 1 is 0.167 bits per heavy atom. The molecule has 26 rings (SSSR count). The van der Waals surface area contributed by atoms with Gasteiger partial charge in [0.05, 0.1) is 68.5 Å². The van der Waals surface area contributed by atoms with E-state index in [1.54, 1.807) is 12.1 Å². The summed E-state index contributed by atoms with van der Waals surface area (Å²) in [6, 6.07) is -14.6. The fourth-order valence-corrected chi connectivity index (χ4v) is 16.1. The summed E-state index contributed by atoms with van der Waals surface area (Å²) >= 11 is 0. The van der Waals surface area contributed by atoms with E-state index in [4.69, 9.17) is 41.7 Å². The van der Waals surface area contributed by atoms with Gasteiger partial charge in [-0.15, -0.1) is 0 Å². The average molecular weight is 1490 g/mol. The van der Waals surface area contributed by atoms with E-state index in [0.29, 0.717) is 33.1 Å². The highest BCUT2D eigenvalue weighted by molar-refractivity contribution is 6.31. The molecule has 114 heavy (non-hydrogen) atoms. The first kappa shape index (κ1) is 31.8. The normalized spacial score (nSPS) is 18.4. The van der Waals surface area contributed by atoms with Crippen molar-refractivity contribution < 1.29 is 77.4 Å². The largest absolute Gasteiger partial charge is 0.455 e. The van der Waals surface area contributed by atoms with Crippen molar-refractivity contribution in [3.05, 3.63) is 387 Å². The van der Waals surface area contributed by atoms with Crippen LogP contribution in [-0.2, 0) is 0 Å². The molecule has 0 bridgehead atoms. The lowest BCUT2D eigenvalue weighted by molar-refractivity contribution is 0.669. The smallest absolute Gasteiger partial charge is 0.143 e. The second kappa shape index (κ2) is 24.3. The molecule has 0 fully saturated rings. The van der Waals surface area contributed by atoms with Crippen LogP contribution in [0, 0.1) is 0 Å². The number of furan rings is 2. The zero-order valence-corrected chi connectivity index (χ0v) is 57.9. The molecular formula is C112H64O2. The Bertz CT molecular complexity index is 11100. The molecular weight excluding hydrogens is 1380 g/mol. The lowest BCUT2D eigenvalue weighted by atomic mass is 9.85. The van der Waals surface area contributed by atoms with Crippen molar-refractivity contribution in [3.8, 4) is 89.0 Å². The topological polar surface area (TPSA) is 26.3 Å². The van der Waals surface area contributed by atoms with E-state index in [9.17, 15) is 35.6 Å². The Morgan fingerprint density at radius 3 is 0.974 bits per heavy atom. The first-order chi connectivity index (χ1) is 77.4. The molecule has 2 heterocycles. The minimum Gasteiger partial charge on any atom is -0.455 e. The van der Waals surface area contributed by atoms with E-state index in [2.05, 4.69) is 0 Å². The summed E-state index contributed by atoms with van der Waals surface area (Å²) in [4.78, 5) is 0. The highest BCUT2D eigenvalue weighted by Crippen LogP contribution is 2.51. The van der Waals surface area contributed by atoms with Crippen LogP contribution in [0.25, 0.3) is 262 Å². The molecule has 0 N–H and O–H groups in total. The molecule has 0 spiro atoms. The molecule has 0 radical (unpaired) electrons. The van der Waals surface area contributed by atoms with Gasteiger partial charge in [0.1, 0.15) is 22.3 Å². The monoisotopic (exact) mass is 1490 g/mol. The van der Waals surface area contributed by atoms with Gasteiger partial charge < -0.3 is 8.83 Å². The number of hydrogen-bond donors (Lipinski definition) is 0. The van der Waals surface area contributed by atoms with E-state index in [1.807, 2.05) is 66.7 Å². The molecule has 0 saturated heterocycles. The lowest BCUT2D eigenvalue weighted by Crippen LogP contribution is -1.91. The van der Waals surface area contributed by atoms with Crippen molar-refractivity contribution in [1.29, 1.82) is 0 Å². The molecule has 0 aliphatic carbocycles. The van der Waals surface area contributed by atoms with Gasteiger partial charge in [-0.3, -0.25) is 0 Å². The van der Waals surface area contributed by atoms with Crippen LogP contribution < -0.4 is 0 Å². The van der Waals surface area contributed by atoms with Crippen LogP contribution in [0.1, 0.15) is 68.5 Å². The van der Waals surface area contributed by atoms with Gasteiger partial charge >= 0.3 is 0 Å². The minimum atomic E-state index is -1.20. The Hall–Kier alpha value is -15.0. The average Bonchev–Trinajstić information content (AvgIpc) is 0.969. The summed E-state index contributed by atoms with van der Waals surface area (Å²) in [5.41, 5.74) is -5.28. The van der Waals surface area contributed by atoms with Crippen molar-refractivity contribution in [2.45, 2.75) is 0 Å². The molecule has 0 atom stereocenters.